The van der Waals surface area contributed by atoms with Crippen LogP contribution < -0.4 is 15.4 Å². The Labute approximate surface area is 156 Å². The minimum atomic E-state index is -0.209. The minimum absolute atomic E-state index is 0.0474. The Morgan fingerprint density at radius 3 is 2.38 bits per heavy atom. The van der Waals surface area contributed by atoms with Crippen molar-refractivity contribution in [1.29, 1.82) is 0 Å². The predicted molar refractivity (Wildman–Crippen MR) is 101 cm³/mol. The van der Waals surface area contributed by atoms with Crippen LogP contribution in [0, 0.1) is 0 Å². The second kappa shape index (κ2) is 9.02. The number of hydrogen-bond acceptors (Lipinski definition) is 3. The van der Waals surface area contributed by atoms with E-state index in [4.69, 9.17) is 39.5 Å². The van der Waals surface area contributed by atoms with Crippen LogP contribution in [0.25, 0.3) is 0 Å². The quantitative estimate of drug-likeness (QED) is 0.618. The third-order valence-corrected chi connectivity index (χ3v) is 4.10. The van der Waals surface area contributed by atoms with E-state index in [9.17, 15) is 4.79 Å². The molecule has 0 aliphatic rings. The maximum Gasteiger partial charge on any atom is 0.243 e. The highest BCUT2D eigenvalue weighted by atomic mass is 35.5. The molecule has 0 atom stereocenters. The van der Waals surface area contributed by atoms with Gasteiger partial charge in [-0.3, -0.25) is 4.79 Å². The normalized spacial score (nSPS) is 10.3. The van der Waals surface area contributed by atoms with Gasteiger partial charge in [-0.25, -0.2) is 0 Å². The lowest BCUT2D eigenvalue weighted by molar-refractivity contribution is -0.114. The summed E-state index contributed by atoms with van der Waals surface area (Å²) in [5.41, 5.74) is 1.23. The van der Waals surface area contributed by atoms with Crippen molar-refractivity contribution in [2.45, 2.75) is 13.3 Å². The van der Waals surface area contributed by atoms with Crippen LogP contribution in [-0.2, 0) is 4.79 Å². The van der Waals surface area contributed by atoms with Gasteiger partial charge in [0.2, 0.25) is 5.91 Å². The van der Waals surface area contributed by atoms with Crippen molar-refractivity contribution in [1.82, 2.24) is 0 Å². The Morgan fingerprint density at radius 2 is 1.71 bits per heavy atom. The van der Waals surface area contributed by atoms with Crippen LogP contribution in [-0.4, -0.2) is 19.1 Å². The van der Waals surface area contributed by atoms with E-state index in [0.717, 1.165) is 12.2 Å². The molecule has 0 aromatic heterocycles. The van der Waals surface area contributed by atoms with Crippen LogP contribution in [0.5, 0.6) is 5.75 Å². The summed E-state index contributed by atoms with van der Waals surface area (Å²) in [6, 6.07) is 10.3. The van der Waals surface area contributed by atoms with E-state index in [1.165, 1.54) is 6.07 Å². The molecule has 0 unspecified atom stereocenters. The monoisotopic (exact) mass is 386 g/mol. The fourth-order valence-corrected chi connectivity index (χ4v) is 2.51. The molecule has 0 radical (unpaired) electrons. The van der Waals surface area contributed by atoms with Gasteiger partial charge in [0.25, 0.3) is 0 Å². The first-order valence-electron chi connectivity index (χ1n) is 7.40. The first-order chi connectivity index (χ1) is 11.5. The summed E-state index contributed by atoms with van der Waals surface area (Å²) >= 11 is 17.9. The molecule has 2 aromatic rings. The number of nitrogens with one attached hydrogen (secondary N) is 2. The highest BCUT2D eigenvalue weighted by molar-refractivity contribution is 6.44. The van der Waals surface area contributed by atoms with E-state index in [1.807, 2.05) is 19.1 Å². The van der Waals surface area contributed by atoms with Crippen LogP contribution in [0.1, 0.15) is 13.3 Å². The van der Waals surface area contributed by atoms with Gasteiger partial charge in [-0.15, -0.1) is 0 Å². The van der Waals surface area contributed by atoms with E-state index in [0.29, 0.717) is 33.0 Å². The second-order valence-corrected chi connectivity index (χ2v) is 6.24. The maximum atomic E-state index is 12.0. The number of amides is 1. The molecule has 0 spiro atoms. The molecule has 0 saturated heterocycles. The van der Waals surface area contributed by atoms with E-state index in [2.05, 4.69) is 10.6 Å². The van der Waals surface area contributed by atoms with Crippen molar-refractivity contribution in [3.8, 4) is 5.75 Å². The highest BCUT2D eigenvalue weighted by Crippen LogP contribution is 2.32. The molecule has 128 valence electrons. The Balaban J connectivity index is 1.88. The van der Waals surface area contributed by atoms with E-state index in [-0.39, 0.29) is 12.5 Å². The third kappa shape index (κ3) is 5.48. The summed E-state index contributed by atoms with van der Waals surface area (Å²) in [4.78, 5) is 12.0. The first-order valence-corrected chi connectivity index (χ1v) is 8.54. The molecule has 0 aliphatic heterocycles. The Kier molecular flexibility index (Phi) is 7.03. The van der Waals surface area contributed by atoms with Crippen LogP contribution in [0.4, 0.5) is 11.4 Å². The standard InChI is InChI=1S/C17H17Cl3N2O2/c1-2-7-24-12-5-3-11(4-6-12)22-17(23)10-21-16-9-14(19)13(18)8-15(16)20/h3-6,8-9,21H,2,7,10H2,1H3,(H,22,23). The first kappa shape index (κ1) is 18.7. The number of ether oxygens (including phenoxy) is 1. The summed E-state index contributed by atoms with van der Waals surface area (Å²) in [6.45, 7) is 2.76. The second-order valence-electron chi connectivity index (χ2n) is 5.02. The van der Waals surface area contributed by atoms with E-state index in [1.54, 1.807) is 18.2 Å². The summed E-state index contributed by atoms with van der Waals surface area (Å²) in [7, 11) is 0. The number of rotatable bonds is 7. The molecule has 24 heavy (non-hydrogen) atoms. The zero-order valence-corrected chi connectivity index (χ0v) is 15.3. The molecule has 1 amide bonds. The van der Waals surface area contributed by atoms with Gasteiger partial charge in [-0.2, -0.15) is 0 Å². The molecular formula is C17H17Cl3N2O2. The topological polar surface area (TPSA) is 50.4 Å². The summed E-state index contributed by atoms with van der Waals surface area (Å²) in [6.07, 6.45) is 0.946. The Hall–Kier alpha value is -1.62. The molecule has 0 fully saturated rings. The van der Waals surface area contributed by atoms with Gasteiger partial charge < -0.3 is 15.4 Å². The average molecular weight is 388 g/mol. The Bertz CT molecular complexity index is 706. The van der Waals surface area contributed by atoms with Gasteiger partial charge in [-0.1, -0.05) is 41.7 Å². The molecular weight excluding hydrogens is 371 g/mol. The van der Waals surface area contributed by atoms with Crippen LogP contribution in [0.3, 0.4) is 0 Å². The van der Waals surface area contributed by atoms with Crippen LogP contribution in [0.2, 0.25) is 15.1 Å². The zero-order valence-electron chi connectivity index (χ0n) is 13.0. The lowest BCUT2D eigenvalue weighted by Gasteiger charge is -2.11. The molecule has 0 heterocycles. The number of benzene rings is 2. The predicted octanol–water partition coefficient (Wildman–Crippen LogP) is 5.49. The number of hydrogen-bond donors (Lipinski definition) is 2. The molecule has 2 rings (SSSR count). The van der Waals surface area contributed by atoms with Crippen molar-refractivity contribution in [2.24, 2.45) is 0 Å². The molecule has 4 nitrogen and oxygen atoms in total. The van der Waals surface area contributed by atoms with Crippen LogP contribution >= 0.6 is 34.8 Å². The average Bonchev–Trinajstić information content (AvgIpc) is 2.56. The smallest absolute Gasteiger partial charge is 0.243 e. The minimum Gasteiger partial charge on any atom is -0.494 e. The van der Waals surface area contributed by atoms with Crippen molar-refractivity contribution in [2.75, 3.05) is 23.8 Å². The van der Waals surface area contributed by atoms with E-state index >= 15 is 0 Å². The van der Waals surface area contributed by atoms with Crippen LogP contribution in [0.15, 0.2) is 36.4 Å². The number of halogens is 3. The number of carbonyl (C=O) groups is 1. The zero-order chi connectivity index (χ0) is 17.5. The molecule has 0 saturated carbocycles. The van der Waals surface area contributed by atoms with E-state index < -0.39 is 0 Å². The van der Waals surface area contributed by atoms with Gasteiger partial charge in [0.1, 0.15) is 5.75 Å². The Morgan fingerprint density at radius 1 is 1.04 bits per heavy atom. The molecule has 0 aliphatic carbocycles. The summed E-state index contributed by atoms with van der Waals surface area (Å²) < 4.78 is 5.49. The molecule has 2 aromatic carbocycles. The van der Waals surface area contributed by atoms with Crippen molar-refractivity contribution >= 4 is 52.1 Å². The highest BCUT2D eigenvalue weighted by Gasteiger charge is 2.08. The maximum absolute atomic E-state index is 12.0. The molecule has 0 bridgehead atoms. The van der Waals surface area contributed by atoms with Crippen molar-refractivity contribution in [3.05, 3.63) is 51.5 Å². The molecule has 2 N–H and O–H groups in total. The third-order valence-electron chi connectivity index (χ3n) is 3.06. The van der Waals surface area contributed by atoms with Gasteiger partial charge in [-0.05, 0) is 42.8 Å². The number of carbonyl (C=O) groups excluding carboxylic acids is 1. The van der Waals surface area contributed by atoms with Crippen molar-refractivity contribution < 1.29 is 9.53 Å². The van der Waals surface area contributed by atoms with Gasteiger partial charge >= 0.3 is 0 Å². The fourth-order valence-electron chi connectivity index (χ4n) is 1.89. The lowest BCUT2D eigenvalue weighted by atomic mass is 10.3. The van der Waals surface area contributed by atoms with Gasteiger partial charge in [0.05, 0.1) is 33.9 Å². The lowest BCUT2D eigenvalue weighted by Crippen LogP contribution is -2.21. The largest absolute Gasteiger partial charge is 0.494 e. The summed E-state index contributed by atoms with van der Waals surface area (Å²) in [5.74, 6) is 0.565. The van der Waals surface area contributed by atoms with Gasteiger partial charge in [0, 0.05) is 5.69 Å². The van der Waals surface area contributed by atoms with Crippen molar-refractivity contribution in [3.63, 3.8) is 0 Å². The molecule has 7 heteroatoms. The number of anilines is 2. The fraction of sp³-hybridized carbons (Fsp3) is 0.235. The SMILES string of the molecule is CCCOc1ccc(NC(=O)CNc2cc(Cl)c(Cl)cc2Cl)cc1. The summed E-state index contributed by atoms with van der Waals surface area (Å²) in [5, 5.41) is 6.84. The van der Waals surface area contributed by atoms with Gasteiger partial charge in [0.15, 0.2) is 0 Å².